The predicted molar refractivity (Wildman–Crippen MR) is 45.6 cm³/mol. The molecule has 1 rings (SSSR count). The molecule has 5 heteroatoms. The molecule has 0 spiro atoms. The van der Waals surface area contributed by atoms with Gasteiger partial charge in [-0.25, -0.2) is 0 Å². The molecule has 1 aliphatic heterocycles. The van der Waals surface area contributed by atoms with Crippen LogP contribution >= 0.6 is 24.2 Å². The third kappa shape index (κ3) is 2.95. The van der Waals surface area contributed by atoms with Gasteiger partial charge in [-0.3, -0.25) is 4.99 Å². The number of rotatable bonds is 1. The lowest BCUT2D eigenvalue weighted by Gasteiger charge is -1.93. The molecule has 0 amide bonds. The smallest absolute Gasteiger partial charge is 0.157 e. The molecule has 0 bridgehead atoms. The first kappa shape index (κ1) is 9.60. The molecular weight excluding hydrogens is 170 g/mol. The lowest BCUT2D eigenvalue weighted by molar-refractivity contribution is 0.963. The van der Waals surface area contributed by atoms with Crippen molar-refractivity contribution < 1.29 is 0 Å². The van der Waals surface area contributed by atoms with Crippen molar-refractivity contribution in [1.29, 1.82) is 5.26 Å². The molecule has 1 aliphatic rings. The van der Waals surface area contributed by atoms with Crippen molar-refractivity contribution in [1.82, 2.24) is 5.32 Å². The number of halogens is 1. The summed E-state index contributed by atoms with van der Waals surface area (Å²) in [5, 5.41) is 12.1. The maximum Gasteiger partial charge on any atom is 0.157 e. The first-order chi connectivity index (χ1) is 4.43. The van der Waals surface area contributed by atoms with Crippen LogP contribution in [0.5, 0.6) is 0 Å². The van der Waals surface area contributed by atoms with Crippen molar-refractivity contribution in [3.63, 3.8) is 0 Å². The lowest BCUT2D eigenvalue weighted by atomic mass is 10.7. The number of nitrogens with one attached hydrogen (secondary N) is 1. The second kappa shape index (κ2) is 5.39. The fraction of sp³-hybridized carbons (Fsp3) is 0.600. The number of aliphatic imine (C=N–C) groups is 1. The van der Waals surface area contributed by atoms with Crippen LogP contribution in [0.15, 0.2) is 4.99 Å². The van der Waals surface area contributed by atoms with Crippen LogP contribution in [-0.2, 0) is 0 Å². The van der Waals surface area contributed by atoms with Gasteiger partial charge in [0.2, 0.25) is 0 Å². The van der Waals surface area contributed by atoms with Crippen LogP contribution in [0, 0.1) is 11.3 Å². The number of hydrogen-bond acceptors (Lipinski definition) is 4. The molecule has 0 saturated heterocycles. The van der Waals surface area contributed by atoms with Gasteiger partial charge in [0.05, 0.1) is 18.4 Å². The molecule has 1 heterocycles. The van der Waals surface area contributed by atoms with E-state index in [4.69, 9.17) is 5.26 Å². The standard InChI is InChI=1S/C5H7N3S.ClH/c6-1-4-9-5-7-2-3-8-5;/h2-4H2,(H,7,8);1H. The zero-order valence-corrected chi connectivity index (χ0v) is 6.97. The average Bonchev–Trinajstić information content (AvgIpc) is 2.34. The predicted octanol–water partition coefficient (Wildman–Crippen LogP) is 0.624. The lowest BCUT2D eigenvalue weighted by Crippen LogP contribution is -2.15. The zero-order chi connectivity index (χ0) is 6.53. The van der Waals surface area contributed by atoms with Gasteiger partial charge < -0.3 is 5.32 Å². The number of nitrogens with zero attached hydrogens (tertiary/aromatic N) is 2. The summed E-state index contributed by atoms with van der Waals surface area (Å²) in [5.74, 6) is 0.492. The molecule has 0 aromatic heterocycles. The van der Waals surface area contributed by atoms with Gasteiger partial charge in [-0.15, -0.1) is 12.4 Å². The van der Waals surface area contributed by atoms with Gasteiger partial charge in [-0.1, -0.05) is 11.8 Å². The Morgan fingerprint density at radius 3 is 3.10 bits per heavy atom. The summed E-state index contributed by atoms with van der Waals surface area (Å²) < 4.78 is 0. The Hall–Kier alpha value is -0.400. The van der Waals surface area contributed by atoms with Crippen LogP contribution < -0.4 is 5.32 Å². The Balaban J connectivity index is 0.000000810. The van der Waals surface area contributed by atoms with Crippen molar-refractivity contribution in [2.24, 2.45) is 4.99 Å². The van der Waals surface area contributed by atoms with E-state index in [2.05, 4.69) is 10.3 Å². The fourth-order valence-electron chi connectivity index (χ4n) is 0.573. The van der Waals surface area contributed by atoms with Crippen LogP contribution in [0.3, 0.4) is 0 Å². The first-order valence-corrected chi connectivity index (χ1v) is 3.70. The molecule has 0 aromatic carbocycles. The van der Waals surface area contributed by atoms with Crippen molar-refractivity contribution >= 4 is 29.3 Å². The van der Waals surface area contributed by atoms with Crippen molar-refractivity contribution in [2.45, 2.75) is 0 Å². The number of nitriles is 1. The third-order valence-electron chi connectivity index (χ3n) is 0.917. The second-order valence-electron chi connectivity index (χ2n) is 1.56. The monoisotopic (exact) mass is 177 g/mol. The zero-order valence-electron chi connectivity index (χ0n) is 5.33. The average molecular weight is 178 g/mol. The van der Waals surface area contributed by atoms with E-state index in [0.29, 0.717) is 5.75 Å². The maximum absolute atomic E-state index is 8.17. The SMILES string of the molecule is Cl.N#CCSC1=NCCN1. The Morgan fingerprint density at radius 1 is 1.80 bits per heavy atom. The molecular formula is C5H8ClN3S. The van der Waals surface area contributed by atoms with Crippen molar-refractivity contribution in [2.75, 3.05) is 18.8 Å². The molecule has 0 atom stereocenters. The largest absolute Gasteiger partial charge is 0.363 e. The number of hydrogen-bond donors (Lipinski definition) is 1. The van der Waals surface area contributed by atoms with Gasteiger partial charge in [0, 0.05) is 6.54 Å². The fourth-order valence-corrected chi connectivity index (χ4v) is 1.16. The minimum Gasteiger partial charge on any atom is -0.363 e. The molecule has 0 saturated carbocycles. The maximum atomic E-state index is 8.17. The summed E-state index contributed by atoms with van der Waals surface area (Å²) in [6.07, 6.45) is 0. The Labute approximate surface area is 70.3 Å². The van der Waals surface area contributed by atoms with Crippen molar-refractivity contribution in [3.05, 3.63) is 0 Å². The Morgan fingerprint density at radius 2 is 2.60 bits per heavy atom. The molecule has 10 heavy (non-hydrogen) atoms. The molecule has 0 aromatic rings. The number of amidine groups is 1. The van der Waals surface area contributed by atoms with Crippen LogP contribution in [0.1, 0.15) is 0 Å². The summed E-state index contributed by atoms with van der Waals surface area (Å²) in [7, 11) is 0. The van der Waals surface area contributed by atoms with E-state index < -0.39 is 0 Å². The molecule has 0 unspecified atom stereocenters. The van der Waals surface area contributed by atoms with Gasteiger partial charge in [0.25, 0.3) is 0 Å². The Bertz CT molecular complexity index is 163. The summed E-state index contributed by atoms with van der Waals surface area (Å²) >= 11 is 1.46. The van der Waals surface area contributed by atoms with Gasteiger partial charge in [-0.2, -0.15) is 5.26 Å². The van der Waals surface area contributed by atoms with E-state index >= 15 is 0 Å². The van der Waals surface area contributed by atoms with Gasteiger partial charge >= 0.3 is 0 Å². The minimum atomic E-state index is 0. The molecule has 1 N–H and O–H groups in total. The van der Waals surface area contributed by atoms with E-state index in [9.17, 15) is 0 Å². The van der Waals surface area contributed by atoms with E-state index in [1.54, 1.807) is 0 Å². The summed E-state index contributed by atoms with van der Waals surface area (Å²) in [6.45, 7) is 1.78. The highest BCUT2D eigenvalue weighted by Gasteiger charge is 2.02. The van der Waals surface area contributed by atoms with Gasteiger partial charge in [0.1, 0.15) is 0 Å². The Kier molecular flexibility index (Phi) is 5.17. The van der Waals surface area contributed by atoms with Gasteiger partial charge in [0.15, 0.2) is 5.17 Å². The first-order valence-electron chi connectivity index (χ1n) is 2.71. The minimum absolute atomic E-state index is 0. The third-order valence-corrected chi connectivity index (χ3v) is 1.74. The molecule has 0 aliphatic carbocycles. The summed E-state index contributed by atoms with van der Waals surface area (Å²) in [6, 6.07) is 2.04. The van der Waals surface area contributed by atoms with E-state index in [1.807, 2.05) is 6.07 Å². The normalized spacial score (nSPS) is 14.5. The summed E-state index contributed by atoms with van der Waals surface area (Å²) in [4.78, 5) is 4.09. The van der Waals surface area contributed by atoms with Crippen LogP contribution in [0.4, 0.5) is 0 Å². The second-order valence-corrected chi connectivity index (χ2v) is 2.52. The van der Waals surface area contributed by atoms with Crippen LogP contribution in [0.2, 0.25) is 0 Å². The van der Waals surface area contributed by atoms with Crippen LogP contribution in [0.25, 0.3) is 0 Å². The van der Waals surface area contributed by atoms with E-state index in [1.165, 1.54) is 11.8 Å². The van der Waals surface area contributed by atoms with Crippen LogP contribution in [-0.4, -0.2) is 24.0 Å². The number of thioether (sulfide) groups is 1. The molecule has 56 valence electrons. The van der Waals surface area contributed by atoms with E-state index in [0.717, 1.165) is 18.3 Å². The highest BCUT2D eigenvalue weighted by atomic mass is 35.5. The topological polar surface area (TPSA) is 48.2 Å². The van der Waals surface area contributed by atoms with Crippen molar-refractivity contribution in [3.8, 4) is 6.07 Å². The quantitative estimate of drug-likeness (QED) is 0.639. The molecule has 0 fully saturated rings. The van der Waals surface area contributed by atoms with Gasteiger partial charge in [-0.05, 0) is 0 Å². The summed E-state index contributed by atoms with van der Waals surface area (Å²) in [5.41, 5.74) is 0. The molecule has 3 nitrogen and oxygen atoms in total. The highest BCUT2D eigenvalue weighted by Crippen LogP contribution is 2.02. The van der Waals surface area contributed by atoms with E-state index in [-0.39, 0.29) is 12.4 Å². The molecule has 0 radical (unpaired) electrons. The highest BCUT2D eigenvalue weighted by molar-refractivity contribution is 8.14.